The standard InChI is InChI=1S/C30H34ClN7O2.C2HF3O2/c31-25-18-32-29-34-23-7-3-4-19(16-23)8-9-21-17-24(33-27(25)37-29)10-11-26(21)36-28(39)20-12-14-38(15-13-20)30(40)35-22-5-1-2-6-22;3-2(4,5)1(6)7/h3-4,7,10-11,16-18,20,22H,1-2,5-6,8-9,12-15H2,(H,35,40)(H,36,39)(H2,32,33,34,37);(H,6,7). The van der Waals surface area contributed by atoms with Crippen molar-refractivity contribution in [2.45, 2.75) is 63.6 Å². The monoisotopic (exact) mass is 673 g/mol. The summed E-state index contributed by atoms with van der Waals surface area (Å²) < 4.78 is 31.7. The van der Waals surface area contributed by atoms with Crippen LogP contribution in [0.2, 0.25) is 5.02 Å². The maximum absolute atomic E-state index is 13.3. The van der Waals surface area contributed by atoms with Crippen molar-refractivity contribution in [2.24, 2.45) is 5.92 Å². The molecule has 1 aliphatic carbocycles. The Kier molecular flexibility index (Phi) is 10.7. The van der Waals surface area contributed by atoms with Crippen LogP contribution in [0.3, 0.4) is 0 Å². The van der Waals surface area contributed by atoms with E-state index in [1.54, 1.807) is 6.20 Å². The van der Waals surface area contributed by atoms with Crippen molar-refractivity contribution >= 4 is 58.3 Å². The van der Waals surface area contributed by atoms with Gasteiger partial charge in [-0.15, -0.1) is 0 Å². The van der Waals surface area contributed by atoms with Crippen molar-refractivity contribution < 1.29 is 32.7 Å². The molecule has 47 heavy (non-hydrogen) atoms. The lowest BCUT2D eigenvalue weighted by atomic mass is 9.95. The van der Waals surface area contributed by atoms with Gasteiger partial charge in [-0.25, -0.2) is 14.6 Å². The molecule has 1 aromatic heterocycles. The number of aromatic nitrogens is 2. The van der Waals surface area contributed by atoms with Gasteiger partial charge in [0.1, 0.15) is 5.02 Å². The van der Waals surface area contributed by atoms with Crippen LogP contribution >= 0.6 is 11.6 Å². The van der Waals surface area contributed by atoms with Gasteiger partial charge in [-0.1, -0.05) is 36.6 Å². The fraction of sp³-hybridized carbons (Fsp3) is 0.406. The van der Waals surface area contributed by atoms with Crippen molar-refractivity contribution in [2.75, 3.05) is 29.0 Å². The van der Waals surface area contributed by atoms with Gasteiger partial charge in [0.15, 0.2) is 5.82 Å². The number of carboxylic acids is 1. The normalized spacial score (nSPS) is 16.6. The summed E-state index contributed by atoms with van der Waals surface area (Å²) in [7, 11) is 0. The van der Waals surface area contributed by atoms with Gasteiger partial charge in [0, 0.05) is 42.1 Å². The van der Waals surface area contributed by atoms with Gasteiger partial charge in [0.25, 0.3) is 0 Å². The Balaban J connectivity index is 0.000000559. The summed E-state index contributed by atoms with van der Waals surface area (Å²) in [5.41, 5.74) is 4.71. The first-order valence-corrected chi connectivity index (χ1v) is 15.8. The van der Waals surface area contributed by atoms with E-state index in [1.807, 2.05) is 35.2 Å². The summed E-state index contributed by atoms with van der Waals surface area (Å²) >= 11 is 6.39. The number of carbonyl (C=O) groups excluding carboxylic acids is 2. The number of likely N-dealkylation sites (tertiary alicyclic amines) is 1. The SMILES string of the molecule is O=C(Nc1ccc2cc1CCc1cccc(c1)Nc1ncc(Cl)c(n1)N2)C1CCN(C(=O)NC2CCCC2)CC1.O=C(O)C(F)(F)F. The molecule has 0 radical (unpaired) electrons. The summed E-state index contributed by atoms with van der Waals surface area (Å²) in [5.74, 6) is -1.93. The van der Waals surface area contributed by atoms with E-state index in [0.717, 1.165) is 53.9 Å². The van der Waals surface area contributed by atoms with E-state index in [4.69, 9.17) is 21.5 Å². The number of nitrogens with one attached hydrogen (secondary N) is 4. The van der Waals surface area contributed by atoms with Crippen LogP contribution in [0, 0.1) is 5.92 Å². The van der Waals surface area contributed by atoms with Gasteiger partial charge < -0.3 is 31.3 Å². The molecule has 15 heteroatoms. The van der Waals surface area contributed by atoms with Crippen LogP contribution < -0.4 is 21.3 Å². The zero-order valence-electron chi connectivity index (χ0n) is 25.4. The van der Waals surface area contributed by atoms with Crippen LogP contribution in [0.25, 0.3) is 0 Å². The first kappa shape index (κ1) is 33.8. The first-order chi connectivity index (χ1) is 22.4. The highest BCUT2D eigenvalue weighted by atomic mass is 35.5. The molecule has 3 aromatic rings. The van der Waals surface area contributed by atoms with Gasteiger partial charge in [-0.05, 0) is 80.0 Å². The number of anilines is 5. The van der Waals surface area contributed by atoms with Crippen LogP contribution in [-0.4, -0.2) is 63.2 Å². The van der Waals surface area contributed by atoms with E-state index < -0.39 is 12.1 Å². The van der Waals surface area contributed by atoms with Crippen LogP contribution in [0.15, 0.2) is 48.7 Å². The number of carbonyl (C=O) groups is 3. The molecule has 1 saturated heterocycles. The minimum absolute atomic E-state index is 0.00501. The predicted octanol–water partition coefficient (Wildman–Crippen LogP) is 6.65. The van der Waals surface area contributed by atoms with E-state index in [2.05, 4.69) is 43.4 Å². The predicted molar refractivity (Wildman–Crippen MR) is 171 cm³/mol. The average molecular weight is 674 g/mol. The molecule has 3 amide bonds. The maximum Gasteiger partial charge on any atom is 0.490 e. The van der Waals surface area contributed by atoms with E-state index in [-0.39, 0.29) is 17.9 Å². The third-order valence-corrected chi connectivity index (χ3v) is 8.59. The molecule has 1 saturated carbocycles. The molecule has 6 rings (SSSR count). The molecule has 2 aliphatic heterocycles. The molecule has 11 nitrogen and oxygen atoms in total. The largest absolute Gasteiger partial charge is 0.490 e. The molecule has 6 bridgehead atoms. The van der Waals surface area contributed by atoms with E-state index in [9.17, 15) is 22.8 Å². The summed E-state index contributed by atoms with van der Waals surface area (Å²) in [6, 6.07) is 14.4. The topological polar surface area (TPSA) is 149 Å². The number of benzene rings is 2. The molecular formula is C32H35ClF3N7O4. The Bertz CT molecular complexity index is 1610. The minimum Gasteiger partial charge on any atom is -0.475 e. The van der Waals surface area contributed by atoms with Crippen LogP contribution in [0.1, 0.15) is 49.7 Å². The van der Waals surface area contributed by atoms with Gasteiger partial charge in [-0.3, -0.25) is 4.79 Å². The van der Waals surface area contributed by atoms with Gasteiger partial charge in [0.2, 0.25) is 11.9 Å². The van der Waals surface area contributed by atoms with Crippen LogP contribution in [-0.2, 0) is 22.4 Å². The van der Waals surface area contributed by atoms with Crippen LogP contribution in [0.5, 0.6) is 0 Å². The second-order valence-corrected chi connectivity index (χ2v) is 12.1. The van der Waals surface area contributed by atoms with Gasteiger partial charge >= 0.3 is 18.2 Å². The molecule has 2 fully saturated rings. The number of halogens is 4. The molecule has 0 spiro atoms. The van der Waals surface area contributed by atoms with Gasteiger partial charge in [0.05, 0.1) is 6.20 Å². The van der Waals surface area contributed by atoms with Gasteiger partial charge in [-0.2, -0.15) is 18.2 Å². The van der Waals surface area contributed by atoms with Crippen molar-refractivity contribution in [1.82, 2.24) is 20.2 Å². The number of alkyl halides is 3. The number of rotatable bonds is 3. The molecule has 3 heterocycles. The smallest absolute Gasteiger partial charge is 0.475 e. The minimum atomic E-state index is -5.08. The number of urea groups is 1. The Morgan fingerprint density at radius 3 is 2.36 bits per heavy atom. The number of piperidine rings is 1. The molecule has 2 aromatic carbocycles. The number of carboxylic acid groups (broad SMARTS) is 1. The zero-order valence-corrected chi connectivity index (χ0v) is 26.1. The van der Waals surface area contributed by atoms with E-state index >= 15 is 0 Å². The number of aryl methyl sites for hydroxylation is 2. The quantitative estimate of drug-likeness (QED) is 0.208. The summed E-state index contributed by atoms with van der Waals surface area (Å²) in [4.78, 5) is 45.6. The molecule has 3 aliphatic rings. The van der Waals surface area contributed by atoms with Crippen LogP contribution in [0.4, 0.5) is 46.8 Å². The zero-order chi connectivity index (χ0) is 33.6. The average Bonchev–Trinajstić information content (AvgIpc) is 3.55. The number of aliphatic carboxylic acids is 1. The van der Waals surface area contributed by atoms with E-state index in [1.165, 1.54) is 12.8 Å². The van der Waals surface area contributed by atoms with Crippen molar-refractivity contribution in [3.8, 4) is 0 Å². The van der Waals surface area contributed by atoms with E-state index in [0.29, 0.717) is 48.8 Å². The summed E-state index contributed by atoms with van der Waals surface area (Å²) in [6.07, 6.45) is 3.85. The molecule has 0 unspecified atom stereocenters. The van der Waals surface area contributed by atoms with Crippen molar-refractivity contribution in [1.29, 1.82) is 0 Å². The lowest BCUT2D eigenvalue weighted by Crippen LogP contribution is -2.48. The van der Waals surface area contributed by atoms with Crippen molar-refractivity contribution in [3.63, 3.8) is 0 Å². The highest BCUT2D eigenvalue weighted by molar-refractivity contribution is 6.32. The second kappa shape index (κ2) is 14.9. The fourth-order valence-corrected chi connectivity index (χ4v) is 5.92. The Hall–Kier alpha value is -4.59. The number of fused-ring (bicyclic) bond motifs is 6. The third kappa shape index (κ3) is 9.24. The van der Waals surface area contributed by atoms with Crippen molar-refractivity contribution in [3.05, 3.63) is 64.8 Å². The number of hydrogen-bond donors (Lipinski definition) is 5. The Morgan fingerprint density at radius 1 is 0.957 bits per heavy atom. The Labute approximate surface area is 274 Å². The molecule has 0 atom stereocenters. The highest BCUT2D eigenvalue weighted by Gasteiger charge is 2.38. The maximum atomic E-state index is 13.3. The third-order valence-electron chi connectivity index (χ3n) is 8.31. The number of amides is 3. The molecular weight excluding hydrogens is 639 g/mol. The molecule has 250 valence electrons. The number of nitrogens with zero attached hydrogens (tertiary/aromatic N) is 3. The first-order valence-electron chi connectivity index (χ1n) is 15.4. The molecule has 5 N–H and O–H groups in total. The summed E-state index contributed by atoms with van der Waals surface area (Å²) in [5, 5.41) is 20.4. The summed E-state index contributed by atoms with van der Waals surface area (Å²) in [6.45, 7) is 1.19. The lowest BCUT2D eigenvalue weighted by Gasteiger charge is -2.32. The highest BCUT2D eigenvalue weighted by Crippen LogP contribution is 2.30. The number of hydrogen-bond acceptors (Lipinski definition) is 7. The fourth-order valence-electron chi connectivity index (χ4n) is 5.78. The second-order valence-electron chi connectivity index (χ2n) is 11.7. The lowest BCUT2D eigenvalue weighted by molar-refractivity contribution is -0.192. The Morgan fingerprint density at radius 2 is 1.66 bits per heavy atom.